The summed E-state index contributed by atoms with van der Waals surface area (Å²) < 4.78 is 1.38. The molecule has 1 aromatic rings. The molecule has 0 unspecified atom stereocenters. The zero-order valence-corrected chi connectivity index (χ0v) is 8.80. The van der Waals surface area contributed by atoms with Crippen LogP contribution in [0.25, 0.3) is 0 Å². The van der Waals surface area contributed by atoms with Crippen LogP contribution in [0.5, 0.6) is 0 Å². The zero-order chi connectivity index (χ0) is 6.85. The molecule has 1 rings (SSSR count). The molecule has 0 saturated heterocycles. The van der Waals surface area contributed by atoms with Gasteiger partial charge in [0, 0.05) is 46.8 Å². The van der Waals surface area contributed by atoms with Crippen molar-refractivity contribution in [3.63, 3.8) is 0 Å². The average molecular weight is 215 g/mol. The van der Waals surface area contributed by atoms with Crippen molar-refractivity contribution in [2.75, 3.05) is 7.05 Å². The van der Waals surface area contributed by atoms with Crippen molar-refractivity contribution in [3.8, 4) is 0 Å². The second kappa shape index (κ2) is 3.93. The van der Waals surface area contributed by atoms with Gasteiger partial charge in [-0.15, -0.1) is 0 Å². The minimum Gasteiger partial charge on any atom is -0.314 e. The number of aromatic nitrogens is 2. The van der Waals surface area contributed by atoms with Gasteiger partial charge in [-0.2, -0.15) is 0 Å². The summed E-state index contributed by atoms with van der Waals surface area (Å²) in [4.78, 5) is 14.4. The third kappa shape index (κ3) is 1.95. The Morgan fingerprint density at radius 2 is 2.30 bits per heavy atom. The van der Waals surface area contributed by atoms with Crippen molar-refractivity contribution in [1.82, 2.24) is 9.78 Å². The molecule has 0 saturated carbocycles. The molecule has 1 radical (unpaired) electrons. The van der Waals surface area contributed by atoms with Crippen molar-refractivity contribution in [3.05, 3.63) is 21.9 Å². The molecule has 10 heavy (non-hydrogen) atoms. The quantitative estimate of drug-likeness (QED) is 0.552. The molecule has 0 amide bonds. The molecule has 53 valence electrons. The average Bonchev–Trinajstić information content (AvgIpc) is 2.13. The van der Waals surface area contributed by atoms with Crippen LogP contribution in [-0.4, -0.2) is 16.8 Å². The maximum absolute atomic E-state index is 10.7. The molecule has 0 bridgehead atoms. The van der Waals surface area contributed by atoms with Gasteiger partial charge in [-0.25, -0.2) is 6.07 Å². The summed E-state index contributed by atoms with van der Waals surface area (Å²) >= 11 is 0. The fraction of sp³-hybridized carbons (Fsp3) is 0.400. The number of hydrogen-bond donors (Lipinski definition) is 1. The van der Waals surface area contributed by atoms with Crippen LogP contribution in [0.15, 0.2) is 15.9 Å². The van der Waals surface area contributed by atoms with Crippen molar-refractivity contribution >= 4 is 0 Å². The number of aromatic amines is 1. The number of hydrogen-bond acceptors (Lipinski definition) is 2. The monoisotopic (exact) mass is 215 g/mol. The van der Waals surface area contributed by atoms with Gasteiger partial charge in [0.25, 0.3) is 0 Å². The van der Waals surface area contributed by atoms with E-state index in [2.05, 4.69) is 10.1 Å². The Hall–Kier alpha value is -0.0861. The Morgan fingerprint density at radius 1 is 1.70 bits per heavy atom. The van der Waals surface area contributed by atoms with Crippen LogP contribution in [0.4, 0.5) is 0 Å². The van der Waals surface area contributed by atoms with E-state index in [9.17, 15) is 4.79 Å². The predicted molar refractivity (Wildman–Crippen MR) is 33.1 cm³/mol. The number of H-pyrrole nitrogens is 1. The molecule has 0 aliphatic rings. The number of rotatable bonds is 0. The van der Waals surface area contributed by atoms with E-state index in [-0.39, 0.29) is 38.3 Å². The van der Waals surface area contributed by atoms with Gasteiger partial charge in [0.1, 0.15) is 5.56 Å². The van der Waals surface area contributed by atoms with Gasteiger partial charge in [0.15, 0.2) is 0 Å². The van der Waals surface area contributed by atoms with Crippen molar-refractivity contribution in [2.45, 2.75) is 0 Å². The molecule has 1 heterocycles. The topological polar surface area (TPSA) is 50.1 Å². The molecular weight excluding hydrogens is 207 g/mol. The van der Waals surface area contributed by atoms with E-state index in [4.69, 9.17) is 0 Å². The summed E-state index contributed by atoms with van der Waals surface area (Å²) in [7, 11) is 3.28. The fourth-order valence-corrected chi connectivity index (χ4v) is 0.588. The summed E-state index contributed by atoms with van der Waals surface area (Å²) in [5.74, 6) is 0. The number of nitrogens with zero attached hydrogens (tertiary/aromatic N) is 2. The number of nitrogens with one attached hydrogen (secondary N) is 1. The first-order chi connectivity index (χ1) is 4.24. The second-order valence-corrected chi connectivity index (χ2v) is 1.76. The van der Waals surface area contributed by atoms with Gasteiger partial charge in [0.05, 0.1) is 0 Å². The van der Waals surface area contributed by atoms with Gasteiger partial charge in [-0.3, -0.25) is 4.68 Å². The summed E-state index contributed by atoms with van der Waals surface area (Å²) in [6.45, 7) is 0. The van der Waals surface area contributed by atoms with Crippen molar-refractivity contribution in [1.29, 1.82) is 0 Å². The Balaban J connectivity index is 0.000000810. The van der Waals surface area contributed by atoms with E-state index in [0.717, 1.165) is 0 Å². The molecule has 0 atom stereocenters. The van der Waals surface area contributed by atoms with E-state index < -0.39 is 0 Å². The standard InChI is InChI=1S/C5H8N3O.Y/c1-6-4-3-5(9)8(2)7-4;/h3H,1-2H3,(H,6,7);/q-1;. The van der Waals surface area contributed by atoms with Crippen LogP contribution in [0.1, 0.15) is 0 Å². The molecular formula is C5H8N3OY-. The molecule has 4 nitrogen and oxygen atoms in total. The van der Waals surface area contributed by atoms with E-state index in [1.165, 1.54) is 10.7 Å². The second-order valence-electron chi connectivity index (χ2n) is 1.76. The molecule has 0 spiro atoms. The van der Waals surface area contributed by atoms with Crippen LogP contribution in [0.2, 0.25) is 0 Å². The van der Waals surface area contributed by atoms with Gasteiger partial charge >= 0.3 is 0 Å². The Kier molecular flexibility index (Phi) is 3.90. The molecule has 0 aromatic carbocycles. The maximum atomic E-state index is 10.7. The predicted octanol–water partition coefficient (Wildman–Crippen LogP) is -1.04. The first kappa shape index (κ1) is 9.91. The van der Waals surface area contributed by atoms with Gasteiger partial charge in [-0.05, 0) is 5.49 Å². The smallest absolute Gasteiger partial charge is 0.111 e. The molecule has 1 aromatic heterocycles. The third-order valence-corrected chi connectivity index (χ3v) is 1.11. The Bertz CT molecular complexity index is 305. The fourth-order valence-electron chi connectivity index (χ4n) is 0.588. The van der Waals surface area contributed by atoms with Crippen molar-refractivity contribution < 1.29 is 32.7 Å². The Morgan fingerprint density at radius 3 is 2.50 bits per heavy atom. The van der Waals surface area contributed by atoms with Crippen LogP contribution in [0.3, 0.4) is 0 Å². The number of aryl methyl sites for hydroxylation is 1. The minimum absolute atomic E-state index is 0. The Labute approximate surface area is 83.2 Å². The van der Waals surface area contributed by atoms with Crippen molar-refractivity contribution in [2.24, 2.45) is 12.0 Å². The van der Waals surface area contributed by atoms with E-state index in [1.807, 2.05) is 0 Å². The zero-order valence-electron chi connectivity index (χ0n) is 5.96. The van der Waals surface area contributed by atoms with E-state index >= 15 is 0 Å². The summed E-state index contributed by atoms with van der Waals surface area (Å²) in [6.07, 6.45) is 0. The molecule has 0 fully saturated rings. The van der Waals surface area contributed by atoms with Crippen LogP contribution in [-0.2, 0) is 39.8 Å². The largest absolute Gasteiger partial charge is 0.314 e. The molecule has 5 heteroatoms. The maximum Gasteiger partial charge on any atom is 0.111 e. The summed E-state index contributed by atoms with van der Waals surface area (Å²) in [5.41, 5.74) is 0.554. The SMILES string of the molecule is CN=c1[cH-]c(=O)n(C)[nH]1.[Y]. The normalized spacial score (nSPS) is 11.2. The summed E-state index contributed by atoms with van der Waals surface area (Å²) in [6, 6.07) is 1.44. The van der Waals surface area contributed by atoms with Crippen LogP contribution < -0.4 is 11.0 Å². The van der Waals surface area contributed by atoms with Crippen LogP contribution in [0, 0.1) is 0 Å². The van der Waals surface area contributed by atoms with Crippen LogP contribution >= 0.6 is 0 Å². The van der Waals surface area contributed by atoms with Gasteiger partial charge < -0.3 is 14.9 Å². The first-order valence-electron chi connectivity index (χ1n) is 2.60. The molecule has 0 aliphatic carbocycles. The first-order valence-corrected chi connectivity index (χ1v) is 2.60. The third-order valence-electron chi connectivity index (χ3n) is 1.11. The van der Waals surface area contributed by atoms with E-state index in [1.54, 1.807) is 14.1 Å². The van der Waals surface area contributed by atoms with E-state index in [0.29, 0.717) is 5.49 Å². The molecule has 1 N–H and O–H groups in total. The van der Waals surface area contributed by atoms with Gasteiger partial charge in [0.2, 0.25) is 0 Å². The minimum atomic E-state index is -0.0596. The van der Waals surface area contributed by atoms with Gasteiger partial charge in [-0.1, -0.05) is 0 Å². The molecule has 0 aliphatic heterocycles. The summed E-state index contributed by atoms with van der Waals surface area (Å²) in [5, 5.41) is 2.73.